The van der Waals surface area contributed by atoms with Crippen LogP contribution < -0.4 is 0 Å². The van der Waals surface area contributed by atoms with E-state index in [0.717, 1.165) is 18.7 Å². The van der Waals surface area contributed by atoms with Crippen molar-refractivity contribution in [2.75, 3.05) is 39.5 Å². The molecule has 1 aliphatic rings. The maximum absolute atomic E-state index is 11.5. The van der Waals surface area contributed by atoms with Gasteiger partial charge < -0.3 is 14.6 Å². The van der Waals surface area contributed by atoms with Crippen molar-refractivity contribution in [1.82, 2.24) is 9.88 Å². The van der Waals surface area contributed by atoms with Gasteiger partial charge in [-0.15, -0.1) is 0 Å². The molecule has 0 aromatic carbocycles. The number of aromatic nitrogens is 1. The molecule has 0 aliphatic carbocycles. The number of aliphatic hydroxyl groups is 1. The van der Waals surface area contributed by atoms with Crippen LogP contribution in [-0.2, 0) is 14.3 Å². The molecule has 0 saturated carbocycles. The highest BCUT2D eigenvalue weighted by molar-refractivity contribution is 5.86. The summed E-state index contributed by atoms with van der Waals surface area (Å²) in [4.78, 5) is 17.6. The van der Waals surface area contributed by atoms with Gasteiger partial charge in [0, 0.05) is 38.1 Å². The zero-order chi connectivity index (χ0) is 14.9. The summed E-state index contributed by atoms with van der Waals surface area (Å²) in [6.07, 6.45) is 5.59. The molecule has 2 rings (SSSR count). The number of hydrogen-bond donors (Lipinski definition) is 1. The molecule has 0 bridgehead atoms. The molecule has 114 valence electrons. The highest BCUT2D eigenvalue weighted by atomic mass is 16.5. The topological polar surface area (TPSA) is 71.9 Å². The predicted octanol–water partition coefficient (Wildman–Crippen LogP) is 0.331. The van der Waals surface area contributed by atoms with Gasteiger partial charge in [-0.2, -0.15) is 0 Å². The molecule has 1 aromatic heterocycles. The van der Waals surface area contributed by atoms with Crippen LogP contribution in [0.4, 0.5) is 0 Å². The molecule has 1 aliphatic heterocycles. The van der Waals surface area contributed by atoms with Gasteiger partial charge in [-0.25, -0.2) is 4.79 Å². The normalized spacial score (nSPS) is 17.8. The number of aliphatic hydroxyl groups excluding tert-OH is 1. The third-order valence-corrected chi connectivity index (χ3v) is 3.09. The minimum absolute atomic E-state index is 0.00638. The van der Waals surface area contributed by atoms with Crippen LogP contribution in [0, 0.1) is 0 Å². The fourth-order valence-corrected chi connectivity index (χ4v) is 2.00. The lowest BCUT2D eigenvalue weighted by molar-refractivity contribution is -0.141. The number of hydrogen-bond acceptors (Lipinski definition) is 6. The number of ether oxygens (including phenoxy) is 2. The van der Waals surface area contributed by atoms with Gasteiger partial charge >= 0.3 is 5.97 Å². The fourth-order valence-electron chi connectivity index (χ4n) is 2.00. The minimum Gasteiger partial charge on any atom is -0.460 e. The van der Waals surface area contributed by atoms with Gasteiger partial charge in [-0.05, 0) is 17.7 Å². The Morgan fingerprint density at radius 3 is 3.05 bits per heavy atom. The molecule has 2 heterocycles. The number of carbonyl (C=O) groups is 1. The van der Waals surface area contributed by atoms with Crippen molar-refractivity contribution >= 4 is 12.0 Å². The van der Waals surface area contributed by atoms with Crippen molar-refractivity contribution in [3.8, 4) is 0 Å². The summed E-state index contributed by atoms with van der Waals surface area (Å²) in [5.74, 6) is -0.472. The first kappa shape index (κ1) is 15.6. The minimum atomic E-state index is -0.682. The highest BCUT2D eigenvalue weighted by Gasteiger charge is 2.15. The number of β-amino-alcohol motifs (C(OH)–C–C–N with tert-alkyl or cyclic N) is 1. The van der Waals surface area contributed by atoms with Gasteiger partial charge in [0.05, 0.1) is 13.2 Å². The van der Waals surface area contributed by atoms with Gasteiger partial charge in [0.2, 0.25) is 0 Å². The van der Waals surface area contributed by atoms with Crippen LogP contribution in [0.15, 0.2) is 30.6 Å². The van der Waals surface area contributed by atoms with E-state index >= 15 is 0 Å². The first-order chi connectivity index (χ1) is 10.2. The van der Waals surface area contributed by atoms with E-state index < -0.39 is 12.1 Å². The Morgan fingerprint density at radius 1 is 1.52 bits per heavy atom. The maximum atomic E-state index is 11.5. The third kappa shape index (κ3) is 6.03. The summed E-state index contributed by atoms with van der Waals surface area (Å²) >= 11 is 0. The number of pyridine rings is 1. The van der Waals surface area contributed by atoms with E-state index in [2.05, 4.69) is 9.88 Å². The second-order valence-corrected chi connectivity index (χ2v) is 4.82. The van der Waals surface area contributed by atoms with E-state index in [1.165, 1.54) is 6.08 Å². The van der Waals surface area contributed by atoms with Crippen LogP contribution >= 0.6 is 0 Å². The van der Waals surface area contributed by atoms with E-state index in [1.807, 2.05) is 6.07 Å². The number of morpholine rings is 1. The molecular weight excluding hydrogens is 272 g/mol. The molecule has 21 heavy (non-hydrogen) atoms. The summed E-state index contributed by atoms with van der Waals surface area (Å²) in [5.41, 5.74) is 0.823. The quantitative estimate of drug-likeness (QED) is 0.602. The first-order valence-electron chi connectivity index (χ1n) is 6.97. The standard InChI is InChI=1S/C15H20N2O4/c18-14(11-17-6-8-20-9-7-17)12-21-15(19)4-3-13-2-1-5-16-10-13/h1-5,10,14,18H,6-9,11-12H2. The molecule has 1 saturated heterocycles. The predicted molar refractivity (Wildman–Crippen MR) is 77.5 cm³/mol. The number of nitrogens with zero attached hydrogens (tertiary/aromatic N) is 2. The average molecular weight is 292 g/mol. The van der Waals surface area contributed by atoms with Gasteiger partial charge in [0.1, 0.15) is 12.7 Å². The van der Waals surface area contributed by atoms with Crippen molar-refractivity contribution in [2.45, 2.75) is 6.10 Å². The van der Waals surface area contributed by atoms with Crippen LogP contribution in [0.2, 0.25) is 0 Å². The molecule has 0 amide bonds. The Kier molecular flexibility index (Phi) is 6.33. The van der Waals surface area contributed by atoms with E-state index in [1.54, 1.807) is 24.5 Å². The van der Waals surface area contributed by atoms with Gasteiger partial charge in [-0.3, -0.25) is 9.88 Å². The van der Waals surface area contributed by atoms with Gasteiger partial charge in [0.25, 0.3) is 0 Å². The molecular formula is C15H20N2O4. The van der Waals surface area contributed by atoms with Crippen molar-refractivity contribution in [3.63, 3.8) is 0 Å². The Bertz CT molecular complexity index is 458. The number of esters is 1. The van der Waals surface area contributed by atoms with Crippen LogP contribution in [0.3, 0.4) is 0 Å². The summed E-state index contributed by atoms with van der Waals surface area (Å²) in [5, 5.41) is 9.84. The summed E-state index contributed by atoms with van der Waals surface area (Å²) in [6, 6.07) is 3.63. The van der Waals surface area contributed by atoms with Crippen LogP contribution in [0.1, 0.15) is 5.56 Å². The SMILES string of the molecule is O=C(C=Cc1cccnc1)OCC(O)CN1CCOCC1. The Balaban J connectivity index is 1.67. The molecule has 6 nitrogen and oxygen atoms in total. The maximum Gasteiger partial charge on any atom is 0.330 e. The summed E-state index contributed by atoms with van der Waals surface area (Å²) in [6.45, 7) is 3.44. The average Bonchev–Trinajstić information content (AvgIpc) is 2.53. The van der Waals surface area contributed by atoms with Crippen molar-refractivity contribution in [2.24, 2.45) is 0 Å². The largest absolute Gasteiger partial charge is 0.460 e. The lowest BCUT2D eigenvalue weighted by Crippen LogP contribution is -2.42. The van der Waals surface area contributed by atoms with E-state index in [9.17, 15) is 9.90 Å². The Hall–Kier alpha value is -1.76. The van der Waals surface area contributed by atoms with E-state index in [-0.39, 0.29) is 6.61 Å². The second kappa shape index (κ2) is 8.51. The second-order valence-electron chi connectivity index (χ2n) is 4.82. The summed E-state index contributed by atoms with van der Waals surface area (Å²) in [7, 11) is 0. The Morgan fingerprint density at radius 2 is 2.33 bits per heavy atom. The zero-order valence-corrected chi connectivity index (χ0v) is 11.9. The van der Waals surface area contributed by atoms with Crippen LogP contribution in [0.5, 0.6) is 0 Å². The molecule has 1 unspecified atom stereocenters. The molecule has 1 atom stereocenters. The highest BCUT2D eigenvalue weighted by Crippen LogP contribution is 2.01. The molecule has 1 N–H and O–H groups in total. The van der Waals surface area contributed by atoms with Crippen molar-refractivity contribution < 1.29 is 19.4 Å². The van der Waals surface area contributed by atoms with Gasteiger partial charge in [-0.1, -0.05) is 6.07 Å². The summed E-state index contributed by atoms with van der Waals surface area (Å²) < 4.78 is 10.2. The van der Waals surface area contributed by atoms with Gasteiger partial charge in [0.15, 0.2) is 0 Å². The van der Waals surface area contributed by atoms with Crippen LogP contribution in [0.25, 0.3) is 6.08 Å². The Labute approximate surface area is 124 Å². The molecule has 0 radical (unpaired) electrons. The molecule has 1 aromatic rings. The third-order valence-electron chi connectivity index (χ3n) is 3.09. The molecule has 6 heteroatoms. The number of rotatable bonds is 6. The molecule has 1 fully saturated rings. The zero-order valence-electron chi connectivity index (χ0n) is 11.9. The first-order valence-corrected chi connectivity index (χ1v) is 6.97. The lowest BCUT2D eigenvalue weighted by atomic mass is 10.2. The monoisotopic (exact) mass is 292 g/mol. The number of carbonyl (C=O) groups excluding carboxylic acids is 1. The smallest absolute Gasteiger partial charge is 0.330 e. The van der Waals surface area contributed by atoms with Crippen molar-refractivity contribution in [3.05, 3.63) is 36.2 Å². The van der Waals surface area contributed by atoms with E-state index in [4.69, 9.17) is 9.47 Å². The lowest BCUT2D eigenvalue weighted by Gasteiger charge is -2.28. The fraction of sp³-hybridized carbons (Fsp3) is 0.467. The van der Waals surface area contributed by atoms with E-state index in [0.29, 0.717) is 19.8 Å². The van der Waals surface area contributed by atoms with Crippen LogP contribution in [-0.4, -0.2) is 66.5 Å². The molecule has 0 spiro atoms. The van der Waals surface area contributed by atoms with Crippen molar-refractivity contribution in [1.29, 1.82) is 0 Å².